The van der Waals surface area contributed by atoms with E-state index in [1.54, 1.807) is 36.1 Å². The summed E-state index contributed by atoms with van der Waals surface area (Å²) in [5.74, 6) is -2.79. The molecule has 4 N–H and O–H groups in total. The molecule has 1 aliphatic heterocycles. The van der Waals surface area contributed by atoms with Gasteiger partial charge in [0.05, 0.1) is 13.0 Å². The third-order valence-corrected chi connectivity index (χ3v) is 9.39. The molecule has 0 unspecified atom stereocenters. The van der Waals surface area contributed by atoms with Gasteiger partial charge in [0.2, 0.25) is 23.6 Å². The summed E-state index contributed by atoms with van der Waals surface area (Å²) < 4.78 is 10.8. The Bertz CT molecular complexity index is 1670. The average molecular weight is 742 g/mol. The largest absolute Gasteiger partial charge is 0.461 e. The van der Waals surface area contributed by atoms with E-state index in [1.807, 2.05) is 66.7 Å². The third kappa shape index (κ3) is 13.7. The van der Waals surface area contributed by atoms with Gasteiger partial charge in [-0.05, 0) is 55.2 Å². The maximum absolute atomic E-state index is 13.9. The Hall–Kier alpha value is -5.72. The minimum absolute atomic E-state index is 0.0274. The number of carbonyl (C=O) groups excluding carboxylic acids is 6. The summed E-state index contributed by atoms with van der Waals surface area (Å²) in [6.45, 7) is 2.72. The molecule has 5 amide bonds. The zero-order chi connectivity index (χ0) is 38.7. The molecule has 0 saturated carbocycles. The van der Waals surface area contributed by atoms with Crippen LogP contribution in [0.2, 0.25) is 0 Å². The predicted octanol–water partition coefficient (Wildman–Crippen LogP) is 3.89. The molecule has 0 aliphatic carbocycles. The smallest absolute Gasteiger partial charge is 0.410 e. The van der Waals surface area contributed by atoms with Crippen molar-refractivity contribution in [1.82, 2.24) is 20.4 Å². The SMILES string of the molecule is CCN(C(=O)[C@H](CC(=O)OCc1ccccc1)NC(=O)CNC(=O)CCCC1CCN(C(=O)OCc2ccccc2)CC1)[C@@H](Cc1ccccc1)C(N)=O. The van der Waals surface area contributed by atoms with Gasteiger partial charge in [0.25, 0.3) is 0 Å². The Morgan fingerprint density at radius 1 is 0.796 bits per heavy atom. The summed E-state index contributed by atoms with van der Waals surface area (Å²) in [4.78, 5) is 80.6. The van der Waals surface area contributed by atoms with Gasteiger partial charge in [0.15, 0.2) is 0 Å². The summed E-state index contributed by atoms with van der Waals surface area (Å²) in [6.07, 6.45) is 2.54. The highest BCUT2D eigenvalue weighted by atomic mass is 16.6. The fourth-order valence-electron chi connectivity index (χ4n) is 6.37. The normalized spacial score (nSPS) is 13.9. The van der Waals surface area contributed by atoms with E-state index in [1.165, 1.54) is 4.90 Å². The molecule has 1 fully saturated rings. The molecule has 3 aromatic carbocycles. The van der Waals surface area contributed by atoms with Crippen LogP contribution >= 0.6 is 0 Å². The number of piperidine rings is 1. The van der Waals surface area contributed by atoms with Gasteiger partial charge >= 0.3 is 12.1 Å². The Kier molecular flexibility index (Phi) is 16.5. The number of esters is 1. The molecule has 0 spiro atoms. The number of nitrogens with one attached hydrogen (secondary N) is 2. The highest BCUT2D eigenvalue weighted by molar-refractivity contribution is 5.95. The van der Waals surface area contributed by atoms with Gasteiger partial charge in [-0.2, -0.15) is 0 Å². The molecule has 0 aromatic heterocycles. The van der Waals surface area contributed by atoms with Gasteiger partial charge in [-0.25, -0.2) is 4.79 Å². The molecule has 1 heterocycles. The molecule has 288 valence electrons. The molecule has 13 heteroatoms. The van der Waals surface area contributed by atoms with Crippen LogP contribution in [0.3, 0.4) is 0 Å². The van der Waals surface area contributed by atoms with Gasteiger partial charge in [-0.3, -0.25) is 24.0 Å². The number of likely N-dealkylation sites (tertiary alicyclic amines) is 1. The second kappa shape index (κ2) is 21.7. The van der Waals surface area contributed by atoms with E-state index in [2.05, 4.69) is 10.6 Å². The number of carbonyl (C=O) groups is 6. The zero-order valence-electron chi connectivity index (χ0n) is 30.8. The van der Waals surface area contributed by atoms with Gasteiger partial charge in [-0.15, -0.1) is 0 Å². The lowest BCUT2D eigenvalue weighted by atomic mass is 9.91. The van der Waals surface area contributed by atoms with Gasteiger partial charge < -0.3 is 35.6 Å². The van der Waals surface area contributed by atoms with Crippen LogP contribution in [0.5, 0.6) is 0 Å². The molecule has 4 rings (SSSR count). The van der Waals surface area contributed by atoms with E-state index >= 15 is 0 Å². The Morgan fingerprint density at radius 3 is 1.91 bits per heavy atom. The quantitative estimate of drug-likeness (QED) is 0.155. The minimum atomic E-state index is -1.38. The number of primary amides is 1. The molecular formula is C41H51N5O8. The number of nitrogens with zero attached hydrogens (tertiary/aromatic N) is 2. The van der Waals surface area contributed by atoms with E-state index in [0.717, 1.165) is 36.0 Å². The molecule has 0 radical (unpaired) electrons. The molecule has 1 aliphatic rings. The van der Waals surface area contributed by atoms with E-state index in [-0.39, 0.29) is 44.6 Å². The number of nitrogens with two attached hydrogens (primary N) is 1. The lowest BCUT2D eigenvalue weighted by molar-refractivity contribution is -0.150. The molecule has 1 saturated heterocycles. The van der Waals surface area contributed by atoms with E-state index in [4.69, 9.17) is 15.2 Å². The first-order valence-electron chi connectivity index (χ1n) is 18.5. The summed E-state index contributed by atoms with van der Waals surface area (Å²) in [7, 11) is 0. The summed E-state index contributed by atoms with van der Waals surface area (Å²) in [6, 6.07) is 25.2. The number of hydrogen-bond acceptors (Lipinski definition) is 8. The van der Waals surface area contributed by atoms with Crippen LogP contribution in [0.4, 0.5) is 4.79 Å². The summed E-state index contributed by atoms with van der Waals surface area (Å²) in [5, 5.41) is 5.17. The maximum Gasteiger partial charge on any atom is 0.410 e. The molecule has 3 aromatic rings. The maximum atomic E-state index is 13.9. The van der Waals surface area contributed by atoms with Crippen LogP contribution in [0.25, 0.3) is 0 Å². The second-order valence-corrected chi connectivity index (χ2v) is 13.3. The van der Waals surface area contributed by atoms with E-state index in [0.29, 0.717) is 25.4 Å². The summed E-state index contributed by atoms with van der Waals surface area (Å²) >= 11 is 0. The minimum Gasteiger partial charge on any atom is -0.461 e. The van der Waals surface area contributed by atoms with Crippen LogP contribution in [0.15, 0.2) is 91.0 Å². The highest BCUT2D eigenvalue weighted by Crippen LogP contribution is 2.23. The van der Waals surface area contributed by atoms with Crippen molar-refractivity contribution in [2.24, 2.45) is 11.7 Å². The Balaban J connectivity index is 1.25. The van der Waals surface area contributed by atoms with E-state index < -0.39 is 48.7 Å². The van der Waals surface area contributed by atoms with Crippen molar-refractivity contribution in [3.8, 4) is 0 Å². The number of likely N-dealkylation sites (N-methyl/N-ethyl adjacent to an activating group) is 1. The second-order valence-electron chi connectivity index (χ2n) is 13.3. The zero-order valence-corrected chi connectivity index (χ0v) is 30.8. The fourth-order valence-corrected chi connectivity index (χ4v) is 6.37. The van der Waals surface area contributed by atoms with Gasteiger partial charge in [0, 0.05) is 32.5 Å². The molecule has 13 nitrogen and oxygen atoms in total. The van der Waals surface area contributed by atoms with Crippen molar-refractivity contribution in [3.05, 3.63) is 108 Å². The summed E-state index contributed by atoms with van der Waals surface area (Å²) in [5.41, 5.74) is 8.21. The lowest BCUT2D eigenvalue weighted by Gasteiger charge is -2.32. The number of rotatable bonds is 19. The number of hydrogen-bond donors (Lipinski definition) is 3. The third-order valence-electron chi connectivity index (χ3n) is 9.39. The standard InChI is InChI=1S/C41H51N5O8/c1-2-46(35(39(42)50)25-31-13-6-3-7-14-31)40(51)34(26-38(49)53-28-32-15-8-4-9-16-32)44-37(48)27-43-36(47)20-12-19-30-21-23-45(24-22-30)41(52)54-29-33-17-10-5-11-18-33/h3-11,13-18,30,34-35H,2,12,19-29H2,1H3,(H2,42,50)(H,43,47)(H,44,48)/t34-,35-/m0/s1. The number of amides is 5. The van der Waals surface area contributed by atoms with Gasteiger partial charge in [0.1, 0.15) is 25.3 Å². The number of benzene rings is 3. The monoisotopic (exact) mass is 741 g/mol. The first-order chi connectivity index (χ1) is 26.1. The van der Waals surface area contributed by atoms with Crippen LogP contribution in [-0.2, 0) is 53.1 Å². The first-order valence-corrected chi connectivity index (χ1v) is 18.5. The fraction of sp³-hybridized carbons (Fsp3) is 0.415. The van der Waals surface area contributed by atoms with Crippen molar-refractivity contribution >= 4 is 35.7 Å². The van der Waals surface area contributed by atoms with Crippen LogP contribution in [0, 0.1) is 5.92 Å². The molecular weight excluding hydrogens is 690 g/mol. The van der Waals surface area contributed by atoms with Crippen molar-refractivity contribution in [1.29, 1.82) is 0 Å². The van der Waals surface area contributed by atoms with Crippen molar-refractivity contribution in [3.63, 3.8) is 0 Å². The van der Waals surface area contributed by atoms with E-state index in [9.17, 15) is 28.8 Å². The predicted molar refractivity (Wildman–Crippen MR) is 201 cm³/mol. The van der Waals surface area contributed by atoms with Crippen LogP contribution in [-0.4, -0.2) is 83.8 Å². The molecule has 0 bridgehead atoms. The number of ether oxygens (including phenoxy) is 2. The van der Waals surface area contributed by atoms with Crippen LogP contribution < -0.4 is 16.4 Å². The molecule has 54 heavy (non-hydrogen) atoms. The van der Waals surface area contributed by atoms with Crippen LogP contribution in [0.1, 0.15) is 62.1 Å². The highest BCUT2D eigenvalue weighted by Gasteiger charge is 2.34. The van der Waals surface area contributed by atoms with Crippen molar-refractivity contribution < 1.29 is 38.2 Å². The topological polar surface area (TPSA) is 177 Å². The first kappa shape index (κ1) is 41.0. The van der Waals surface area contributed by atoms with Gasteiger partial charge in [-0.1, -0.05) is 91.0 Å². The molecule has 2 atom stereocenters. The Morgan fingerprint density at radius 2 is 1.35 bits per heavy atom. The lowest BCUT2D eigenvalue weighted by Crippen LogP contribution is -2.57. The van der Waals surface area contributed by atoms with Crippen molar-refractivity contribution in [2.45, 2.75) is 77.2 Å². The van der Waals surface area contributed by atoms with Crippen molar-refractivity contribution in [2.75, 3.05) is 26.2 Å². The average Bonchev–Trinajstić information content (AvgIpc) is 3.19. The Labute approximate surface area is 316 Å².